The minimum Gasteiger partial charge on any atom is -0.497 e. The maximum Gasteiger partial charge on any atom is 0.176 e. The molecule has 0 unspecified atom stereocenters. The van der Waals surface area contributed by atoms with Gasteiger partial charge in [-0.2, -0.15) is 4.73 Å². The Labute approximate surface area is 177 Å². The Morgan fingerprint density at radius 2 is 1.64 bits per heavy atom. The van der Waals surface area contributed by atoms with Crippen molar-refractivity contribution in [3.05, 3.63) is 81.3 Å². The summed E-state index contributed by atoms with van der Waals surface area (Å²) in [6.45, 7) is 0.180. The number of hydrogen-bond donors (Lipinski definition) is 0. The van der Waals surface area contributed by atoms with Gasteiger partial charge in [-0.15, -0.1) is 0 Å². The molecule has 0 aliphatic rings. The number of benzene rings is 3. The summed E-state index contributed by atoms with van der Waals surface area (Å²) in [5.74, 6) is 1.40. The van der Waals surface area contributed by atoms with E-state index >= 15 is 0 Å². The van der Waals surface area contributed by atoms with E-state index in [1.165, 1.54) is 0 Å². The Morgan fingerprint density at radius 3 is 2.32 bits per heavy atom. The fraction of sp³-hybridized carbons (Fsp3) is 0.0952. The smallest absolute Gasteiger partial charge is 0.176 e. The minimum absolute atomic E-state index is 0.180. The first kappa shape index (κ1) is 18.9. The zero-order valence-corrected chi connectivity index (χ0v) is 17.1. The Balaban J connectivity index is 1.79. The topological polar surface area (TPSA) is 36.3 Å². The third kappa shape index (κ3) is 3.63. The van der Waals surface area contributed by atoms with Crippen LogP contribution >= 0.6 is 34.8 Å². The highest BCUT2D eigenvalue weighted by molar-refractivity contribution is 6.36. The molecule has 1 heterocycles. The van der Waals surface area contributed by atoms with E-state index in [2.05, 4.69) is 0 Å². The van der Waals surface area contributed by atoms with Crippen LogP contribution in [0.2, 0.25) is 15.1 Å². The second-order valence-corrected chi connectivity index (χ2v) is 7.32. The van der Waals surface area contributed by atoms with Crippen molar-refractivity contribution in [1.82, 2.24) is 9.71 Å². The number of ether oxygens (including phenoxy) is 1. The largest absolute Gasteiger partial charge is 0.497 e. The van der Waals surface area contributed by atoms with E-state index < -0.39 is 0 Å². The lowest BCUT2D eigenvalue weighted by molar-refractivity contribution is 0.110. The molecule has 0 aliphatic carbocycles. The molecule has 0 N–H and O–H groups in total. The van der Waals surface area contributed by atoms with E-state index in [0.717, 1.165) is 22.3 Å². The number of imidazole rings is 1. The van der Waals surface area contributed by atoms with E-state index in [0.29, 0.717) is 26.5 Å². The van der Waals surface area contributed by atoms with Crippen molar-refractivity contribution in [2.24, 2.45) is 0 Å². The van der Waals surface area contributed by atoms with Crippen molar-refractivity contribution < 1.29 is 9.57 Å². The Morgan fingerprint density at radius 1 is 0.929 bits per heavy atom. The van der Waals surface area contributed by atoms with E-state index in [1.54, 1.807) is 36.1 Å². The molecule has 4 rings (SSSR count). The highest BCUT2D eigenvalue weighted by atomic mass is 35.5. The summed E-state index contributed by atoms with van der Waals surface area (Å²) in [5.41, 5.74) is 3.09. The van der Waals surface area contributed by atoms with Gasteiger partial charge in [0, 0.05) is 26.2 Å². The van der Waals surface area contributed by atoms with Crippen LogP contribution in [-0.2, 0) is 6.61 Å². The predicted octanol–water partition coefficient (Wildman–Crippen LogP) is 6.30. The van der Waals surface area contributed by atoms with Gasteiger partial charge in [0.1, 0.15) is 17.9 Å². The van der Waals surface area contributed by atoms with Crippen LogP contribution in [0.3, 0.4) is 0 Å². The summed E-state index contributed by atoms with van der Waals surface area (Å²) in [6, 6.07) is 18.4. The molecule has 0 fully saturated rings. The van der Waals surface area contributed by atoms with Crippen molar-refractivity contribution in [1.29, 1.82) is 0 Å². The molecule has 0 spiro atoms. The highest BCUT2D eigenvalue weighted by Crippen LogP contribution is 2.29. The third-order valence-electron chi connectivity index (χ3n) is 4.32. The molecule has 7 heteroatoms. The van der Waals surface area contributed by atoms with Gasteiger partial charge >= 0.3 is 0 Å². The average Bonchev–Trinajstić information content (AvgIpc) is 3.05. The van der Waals surface area contributed by atoms with E-state index in [4.69, 9.17) is 49.4 Å². The van der Waals surface area contributed by atoms with Gasteiger partial charge in [0.15, 0.2) is 5.82 Å². The molecular weight excluding hydrogens is 419 g/mol. The zero-order chi connectivity index (χ0) is 19.7. The molecule has 0 aliphatic heterocycles. The standard InChI is InChI=1S/C21H15Cl3N2O2/c1-27-15-8-5-13(6-9-15)21-25-19-10-7-14(22)11-20(19)26(21)28-12-16-17(23)3-2-4-18(16)24/h2-11H,12H2,1H3. The van der Waals surface area contributed by atoms with E-state index in [-0.39, 0.29) is 6.61 Å². The first-order valence-electron chi connectivity index (χ1n) is 8.45. The van der Waals surface area contributed by atoms with Crippen LogP contribution in [0.4, 0.5) is 0 Å². The summed E-state index contributed by atoms with van der Waals surface area (Å²) in [4.78, 5) is 10.8. The predicted molar refractivity (Wildman–Crippen MR) is 113 cm³/mol. The van der Waals surface area contributed by atoms with Crippen LogP contribution in [0.25, 0.3) is 22.4 Å². The SMILES string of the molecule is COc1ccc(-c2nc3ccc(Cl)cc3n2OCc2c(Cl)cccc2Cl)cc1. The number of halogens is 3. The van der Waals surface area contributed by atoms with Crippen LogP contribution in [0.5, 0.6) is 5.75 Å². The summed E-state index contributed by atoms with van der Waals surface area (Å²) >= 11 is 18.8. The van der Waals surface area contributed by atoms with Gasteiger partial charge in [-0.1, -0.05) is 40.9 Å². The van der Waals surface area contributed by atoms with Crippen molar-refractivity contribution >= 4 is 45.8 Å². The molecule has 0 bridgehead atoms. The molecule has 0 radical (unpaired) electrons. The number of aromatic nitrogens is 2. The van der Waals surface area contributed by atoms with Crippen molar-refractivity contribution in [3.8, 4) is 17.1 Å². The number of methoxy groups -OCH3 is 1. The van der Waals surface area contributed by atoms with Crippen LogP contribution in [-0.4, -0.2) is 16.8 Å². The lowest BCUT2D eigenvalue weighted by atomic mass is 10.2. The first-order chi connectivity index (χ1) is 13.6. The second kappa shape index (κ2) is 7.92. The quantitative estimate of drug-likeness (QED) is 0.370. The first-order valence-corrected chi connectivity index (χ1v) is 9.59. The zero-order valence-electron chi connectivity index (χ0n) is 14.8. The maximum absolute atomic E-state index is 6.28. The van der Waals surface area contributed by atoms with E-state index in [1.807, 2.05) is 36.4 Å². The molecule has 3 aromatic carbocycles. The molecule has 0 amide bonds. The molecule has 1 aromatic heterocycles. The van der Waals surface area contributed by atoms with Crippen molar-refractivity contribution in [2.45, 2.75) is 6.61 Å². The van der Waals surface area contributed by atoms with Crippen molar-refractivity contribution in [3.63, 3.8) is 0 Å². The second-order valence-electron chi connectivity index (χ2n) is 6.06. The average molecular weight is 434 g/mol. The molecule has 0 saturated carbocycles. The third-order valence-corrected chi connectivity index (χ3v) is 5.27. The summed E-state index contributed by atoms with van der Waals surface area (Å²) < 4.78 is 6.89. The van der Waals surface area contributed by atoms with Gasteiger partial charge in [-0.05, 0) is 54.6 Å². The van der Waals surface area contributed by atoms with Gasteiger partial charge in [0.05, 0.1) is 12.6 Å². The Bertz CT molecular complexity index is 1120. The maximum atomic E-state index is 6.28. The van der Waals surface area contributed by atoms with Crippen LogP contribution < -0.4 is 9.57 Å². The number of rotatable bonds is 5. The molecular formula is C21H15Cl3N2O2. The normalized spacial score (nSPS) is 11.0. The lowest BCUT2D eigenvalue weighted by Crippen LogP contribution is -2.13. The summed E-state index contributed by atoms with van der Waals surface area (Å²) in [6.07, 6.45) is 0. The number of hydrogen-bond acceptors (Lipinski definition) is 3. The van der Waals surface area contributed by atoms with Gasteiger partial charge in [0.25, 0.3) is 0 Å². The molecule has 4 nitrogen and oxygen atoms in total. The van der Waals surface area contributed by atoms with Crippen LogP contribution in [0.1, 0.15) is 5.56 Å². The van der Waals surface area contributed by atoms with Gasteiger partial charge in [-0.25, -0.2) is 4.98 Å². The van der Waals surface area contributed by atoms with Gasteiger partial charge < -0.3 is 9.57 Å². The van der Waals surface area contributed by atoms with Gasteiger partial charge in [0.2, 0.25) is 0 Å². The van der Waals surface area contributed by atoms with Crippen LogP contribution in [0, 0.1) is 0 Å². The molecule has 0 atom stereocenters. The van der Waals surface area contributed by atoms with Crippen molar-refractivity contribution in [2.75, 3.05) is 7.11 Å². The fourth-order valence-corrected chi connectivity index (χ4v) is 3.55. The molecule has 4 aromatic rings. The van der Waals surface area contributed by atoms with Gasteiger partial charge in [-0.3, -0.25) is 0 Å². The lowest BCUT2D eigenvalue weighted by Gasteiger charge is -2.13. The molecule has 0 saturated heterocycles. The number of nitrogens with zero attached hydrogens (tertiary/aromatic N) is 2. The minimum atomic E-state index is 0.180. The highest BCUT2D eigenvalue weighted by Gasteiger charge is 2.16. The fourth-order valence-electron chi connectivity index (χ4n) is 2.88. The monoisotopic (exact) mass is 432 g/mol. The Hall–Kier alpha value is -2.40. The summed E-state index contributed by atoms with van der Waals surface area (Å²) in [7, 11) is 1.63. The summed E-state index contributed by atoms with van der Waals surface area (Å²) in [5, 5.41) is 1.68. The number of fused-ring (bicyclic) bond motifs is 1. The Kier molecular flexibility index (Phi) is 5.36. The molecule has 28 heavy (non-hydrogen) atoms. The van der Waals surface area contributed by atoms with Crippen LogP contribution in [0.15, 0.2) is 60.7 Å². The molecule has 142 valence electrons. The van der Waals surface area contributed by atoms with E-state index in [9.17, 15) is 0 Å².